The molecule has 144 valence electrons. The van der Waals surface area contributed by atoms with Crippen molar-refractivity contribution in [2.75, 3.05) is 13.1 Å². The number of amides is 2. The number of hydrogen-bond donors (Lipinski definition) is 1. The smallest absolute Gasteiger partial charge is 0.406 e. The Hall–Kier alpha value is -2.25. The molecule has 1 N–H and O–H groups in total. The van der Waals surface area contributed by atoms with Crippen LogP contribution in [0.3, 0.4) is 0 Å². The Morgan fingerprint density at radius 1 is 1.27 bits per heavy atom. The van der Waals surface area contributed by atoms with E-state index >= 15 is 0 Å². The van der Waals surface area contributed by atoms with Crippen molar-refractivity contribution in [3.63, 3.8) is 0 Å². The molecule has 1 atom stereocenters. The fourth-order valence-corrected chi connectivity index (χ4v) is 2.93. The Bertz CT molecular complexity index is 668. The number of carbonyl (C=O) groups is 2. The molecule has 0 spiro atoms. The molecule has 8 heteroatoms. The molecule has 0 radical (unpaired) electrons. The van der Waals surface area contributed by atoms with Crippen molar-refractivity contribution in [3.05, 3.63) is 29.8 Å². The minimum atomic E-state index is -4.76. The van der Waals surface area contributed by atoms with Gasteiger partial charge in [0.1, 0.15) is 5.75 Å². The summed E-state index contributed by atoms with van der Waals surface area (Å²) in [5.41, 5.74) is 0.00364. The molecule has 26 heavy (non-hydrogen) atoms. The quantitative estimate of drug-likeness (QED) is 0.865. The molecule has 5 nitrogen and oxygen atoms in total. The van der Waals surface area contributed by atoms with Gasteiger partial charge in [-0.25, -0.2) is 0 Å². The van der Waals surface area contributed by atoms with E-state index in [9.17, 15) is 22.8 Å². The molecule has 1 unspecified atom stereocenters. The van der Waals surface area contributed by atoms with E-state index in [0.29, 0.717) is 12.1 Å². The third-order valence-electron chi connectivity index (χ3n) is 4.20. The maximum Gasteiger partial charge on any atom is 0.573 e. The zero-order valence-electron chi connectivity index (χ0n) is 15.0. The molecular weight excluding hydrogens is 349 g/mol. The van der Waals surface area contributed by atoms with Crippen molar-refractivity contribution in [2.45, 2.75) is 45.5 Å². The number of carbonyl (C=O) groups excluding carboxylic acids is 2. The number of nitrogens with one attached hydrogen (secondary N) is 1. The van der Waals surface area contributed by atoms with Gasteiger partial charge in [0.05, 0.1) is 5.92 Å². The molecule has 1 aliphatic heterocycles. The third-order valence-corrected chi connectivity index (χ3v) is 4.20. The lowest BCUT2D eigenvalue weighted by Gasteiger charge is -2.31. The predicted octanol–water partition coefficient (Wildman–Crippen LogP) is 2.89. The summed E-state index contributed by atoms with van der Waals surface area (Å²) in [5.74, 6) is -1.05. The molecule has 2 rings (SSSR count). The molecule has 0 bridgehead atoms. The van der Waals surface area contributed by atoms with Crippen LogP contribution in [0.25, 0.3) is 0 Å². The number of nitrogens with zero attached hydrogens (tertiary/aromatic N) is 1. The SMILES string of the molecule is CC(C)(C)N1CC(C(=O)NCCc2ccccc2OC(F)(F)F)CC1=O. The minimum absolute atomic E-state index is 0.0680. The van der Waals surface area contributed by atoms with Crippen molar-refractivity contribution in [2.24, 2.45) is 5.92 Å². The second-order valence-electron chi connectivity index (χ2n) is 7.27. The summed E-state index contributed by atoms with van der Waals surface area (Å²) < 4.78 is 41.2. The zero-order valence-corrected chi connectivity index (χ0v) is 15.0. The van der Waals surface area contributed by atoms with E-state index in [1.54, 1.807) is 11.0 Å². The molecule has 1 aromatic rings. The molecule has 1 saturated heterocycles. The van der Waals surface area contributed by atoms with Gasteiger partial charge < -0.3 is 15.0 Å². The van der Waals surface area contributed by atoms with Gasteiger partial charge in [-0.05, 0) is 38.8 Å². The second kappa shape index (κ2) is 7.55. The fraction of sp³-hybridized carbons (Fsp3) is 0.556. The van der Waals surface area contributed by atoms with Gasteiger partial charge in [0, 0.05) is 25.0 Å². The number of hydrogen-bond acceptors (Lipinski definition) is 3. The average Bonchev–Trinajstić information content (AvgIpc) is 2.89. The van der Waals surface area contributed by atoms with Crippen molar-refractivity contribution in [1.82, 2.24) is 10.2 Å². The lowest BCUT2D eigenvalue weighted by molar-refractivity contribution is -0.274. The molecule has 0 saturated carbocycles. The summed E-state index contributed by atoms with van der Waals surface area (Å²) >= 11 is 0. The first-order valence-electron chi connectivity index (χ1n) is 8.39. The van der Waals surface area contributed by atoms with Crippen LogP contribution in [0.15, 0.2) is 24.3 Å². The van der Waals surface area contributed by atoms with Crippen LogP contribution >= 0.6 is 0 Å². The molecule has 0 aliphatic carbocycles. The Morgan fingerprint density at radius 2 is 1.92 bits per heavy atom. The fourth-order valence-electron chi connectivity index (χ4n) is 2.93. The second-order valence-corrected chi connectivity index (χ2v) is 7.27. The van der Waals surface area contributed by atoms with E-state index in [2.05, 4.69) is 10.1 Å². The van der Waals surface area contributed by atoms with E-state index < -0.39 is 12.3 Å². The Labute approximate surface area is 150 Å². The summed E-state index contributed by atoms with van der Waals surface area (Å²) in [5, 5.41) is 2.70. The Kier molecular flexibility index (Phi) is 5.83. The minimum Gasteiger partial charge on any atom is -0.406 e. The number of para-hydroxylation sites is 1. The maximum absolute atomic E-state index is 12.4. The van der Waals surface area contributed by atoms with E-state index in [0.717, 1.165) is 0 Å². The van der Waals surface area contributed by atoms with E-state index in [1.165, 1.54) is 18.2 Å². The van der Waals surface area contributed by atoms with Crippen LogP contribution in [0.5, 0.6) is 5.75 Å². The molecule has 1 fully saturated rings. The van der Waals surface area contributed by atoms with Crippen LogP contribution in [0.2, 0.25) is 0 Å². The number of rotatable bonds is 5. The van der Waals surface area contributed by atoms with E-state index in [-0.39, 0.29) is 42.5 Å². The third kappa shape index (κ3) is 5.37. The topological polar surface area (TPSA) is 58.6 Å². The highest BCUT2D eigenvalue weighted by Crippen LogP contribution is 2.27. The Morgan fingerprint density at radius 3 is 2.50 bits per heavy atom. The van der Waals surface area contributed by atoms with Crippen molar-refractivity contribution in [3.8, 4) is 5.75 Å². The molecule has 1 aliphatic rings. The van der Waals surface area contributed by atoms with Crippen LogP contribution in [0, 0.1) is 5.92 Å². The van der Waals surface area contributed by atoms with Crippen LogP contribution in [-0.2, 0) is 16.0 Å². The normalized spacial score (nSPS) is 18.2. The van der Waals surface area contributed by atoms with Gasteiger partial charge in [-0.1, -0.05) is 18.2 Å². The number of halogens is 3. The number of likely N-dealkylation sites (tertiary alicyclic amines) is 1. The van der Waals surface area contributed by atoms with Gasteiger partial charge in [-0.3, -0.25) is 9.59 Å². The summed E-state index contributed by atoms with van der Waals surface area (Å²) in [6, 6.07) is 5.82. The van der Waals surface area contributed by atoms with Crippen LogP contribution in [0.4, 0.5) is 13.2 Å². The van der Waals surface area contributed by atoms with E-state index in [1.807, 2.05) is 20.8 Å². The van der Waals surface area contributed by atoms with Gasteiger partial charge in [0.15, 0.2) is 0 Å². The highest BCUT2D eigenvalue weighted by atomic mass is 19.4. The number of benzene rings is 1. The highest BCUT2D eigenvalue weighted by Gasteiger charge is 2.39. The van der Waals surface area contributed by atoms with Crippen LogP contribution in [0.1, 0.15) is 32.8 Å². The van der Waals surface area contributed by atoms with Gasteiger partial charge in [0.2, 0.25) is 11.8 Å². The first-order chi connectivity index (χ1) is 12.0. The molecular formula is C18H23F3N2O3. The van der Waals surface area contributed by atoms with Gasteiger partial charge in [-0.2, -0.15) is 0 Å². The number of ether oxygens (including phenoxy) is 1. The van der Waals surface area contributed by atoms with Crippen molar-refractivity contribution >= 4 is 11.8 Å². The number of alkyl halides is 3. The van der Waals surface area contributed by atoms with Crippen LogP contribution in [-0.4, -0.2) is 41.7 Å². The first-order valence-corrected chi connectivity index (χ1v) is 8.39. The standard InChI is InChI=1S/C18H23F3N2O3/c1-17(2,3)23-11-13(10-15(23)24)16(25)22-9-8-12-6-4-5-7-14(12)26-18(19,20)21/h4-7,13H,8-11H2,1-3H3,(H,22,25). The van der Waals surface area contributed by atoms with Crippen molar-refractivity contribution in [1.29, 1.82) is 0 Å². The van der Waals surface area contributed by atoms with Crippen LogP contribution < -0.4 is 10.1 Å². The lowest BCUT2D eigenvalue weighted by Crippen LogP contribution is -2.43. The lowest BCUT2D eigenvalue weighted by atomic mass is 10.1. The molecule has 2 amide bonds. The largest absolute Gasteiger partial charge is 0.573 e. The zero-order chi connectivity index (χ0) is 19.5. The monoisotopic (exact) mass is 372 g/mol. The molecule has 1 heterocycles. The first kappa shape index (κ1) is 20.1. The highest BCUT2D eigenvalue weighted by molar-refractivity contribution is 5.89. The summed E-state index contributed by atoms with van der Waals surface area (Å²) in [7, 11) is 0. The molecule has 0 aromatic heterocycles. The average molecular weight is 372 g/mol. The molecule has 1 aromatic carbocycles. The maximum atomic E-state index is 12.4. The summed E-state index contributed by atoms with van der Waals surface area (Å²) in [4.78, 5) is 26.0. The van der Waals surface area contributed by atoms with Gasteiger partial charge in [-0.15, -0.1) is 13.2 Å². The predicted molar refractivity (Wildman–Crippen MR) is 89.4 cm³/mol. The van der Waals surface area contributed by atoms with Gasteiger partial charge >= 0.3 is 6.36 Å². The van der Waals surface area contributed by atoms with Gasteiger partial charge in [0.25, 0.3) is 0 Å². The van der Waals surface area contributed by atoms with Crippen molar-refractivity contribution < 1.29 is 27.5 Å². The summed E-state index contributed by atoms with van der Waals surface area (Å²) in [6.45, 7) is 6.23. The Balaban J connectivity index is 1.89. The summed E-state index contributed by atoms with van der Waals surface area (Å²) in [6.07, 6.45) is -4.42. The van der Waals surface area contributed by atoms with E-state index in [4.69, 9.17) is 0 Å².